The summed E-state index contributed by atoms with van der Waals surface area (Å²) in [5.41, 5.74) is -0.272. The van der Waals surface area contributed by atoms with Crippen LogP contribution in [0.1, 0.15) is 32.1 Å². The maximum Gasteiger partial charge on any atom is 0.306 e. The Hall–Kier alpha value is -1.94. The van der Waals surface area contributed by atoms with Crippen LogP contribution in [-0.2, 0) is 14.3 Å². The number of hydrogen-bond acceptors (Lipinski definition) is 8. The van der Waals surface area contributed by atoms with E-state index in [2.05, 4.69) is 5.32 Å². The van der Waals surface area contributed by atoms with Gasteiger partial charge in [-0.05, 0) is 31.4 Å². The summed E-state index contributed by atoms with van der Waals surface area (Å²) in [4.78, 5) is 34.1. The normalized spacial score (nSPS) is 16.0. The summed E-state index contributed by atoms with van der Waals surface area (Å²) in [7, 11) is 5.20. The molecule has 148 valence electrons. The van der Waals surface area contributed by atoms with E-state index in [4.69, 9.17) is 9.47 Å². The molecule has 1 fully saturated rings. The van der Waals surface area contributed by atoms with E-state index in [-0.39, 0.29) is 17.8 Å². The largest absolute Gasteiger partial charge is 0.496 e. The zero-order valence-corrected chi connectivity index (χ0v) is 16.6. The summed E-state index contributed by atoms with van der Waals surface area (Å²) < 4.78 is 9.87. The molecule has 1 atom stereocenters. The lowest BCUT2D eigenvalue weighted by Gasteiger charge is -2.09. The van der Waals surface area contributed by atoms with Gasteiger partial charge in [-0.15, -0.1) is 0 Å². The van der Waals surface area contributed by atoms with Crippen LogP contribution in [0.4, 0.5) is 11.4 Å². The van der Waals surface area contributed by atoms with Crippen molar-refractivity contribution in [2.75, 3.05) is 24.8 Å². The summed E-state index contributed by atoms with van der Waals surface area (Å²) in [5, 5.41) is 14.2. The first-order valence-corrected chi connectivity index (χ1v) is 10.9. The molecule has 2 rings (SSSR count). The zero-order valence-electron chi connectivity index (χ0n) is 15.0. The van der Waals surface area contributed by atoms with E-state index < -0.39 is 23.4 Å². The van der Waals surface area contributed by atoms with Crippen molar-refractivity contribution >= 4 is 44.8 Å². The van der Waals surface area contributed by atoms with Crippen LogP contribution in [0.25, 0.3) is 0 Å². The molecule has 1 N–H and O–H groups in total. The second-order valence-electron chi connectivity index (χ2n) is 5.92. The van der Waals surface area contributed by atoms with Crippen molar-refractivity contribution in [2.24, 2.45) is 0 Å². The minimum absolute atomic E-state index is 0.0220. The van der Waals surface area contributed by atoms with Crippen LogP contribution >= 0.6 is 21.6 Å². The second kappa shape index (κ2) is 11.0. The van der Waals surface area contributed by atoms with Gasteiger partial charge < -0.3 is 14.8 Å². The molecule has 1 aromatic carbocycles. The van der Waals surface area contributed by atoms with Crippen LogP contribution < -0.4 is 10.1 Å². The van der Waals surface area contributed by atoms with Crippen LogP contribution in [0, 0.1) is 10.1 Å². The van der Waals surface area contributed by atoms with Crippen LogP contribution in [0.15, 0.2) is 18.2 Å². The molecule has 1 amide bonds. The molecule has 1 heterocycles. The Morgan fingerprint density at radius 2 is 2.19 bits per heavy atom. The molecule has 8 nitrogen and oxygen atoms in total. The number of hydrogen-bond donors (Lipinski definition) is 1. The maximum atomic E-state index is 11.9. The number of ether oxygens (including phenoxy) is 2. The van der Waals surface area contributed by atoms with Gasteiger partial charge in [0, 0.05) is 17.4 Å². The van der Waals surface area contributed by atoms with Crippen molar-refractivity contribution in [3.63, 3.8) is 0 Å². The molecule has 1 aromatic rings. The molecular formula is C17H22N2O6S2. The predicted molar refractivity (Wildman–Crippen MR) is 106 cm³/mol. The number of carbonyl (C=O) groups excluding carboxylic acids is 2. The fourth-order valence-corrected chi connectivity index (χ4v) is 5.53. The minimum Gasteiger partial charge on any atom is -0.496 e. The van der Waals surface area contributed by atoms with Gasteiger partial charge in [-0.3, -0.25) is 19.7 Å². The Kier molecular flexibility index (Phi) is 8.73. The third-order valence-corrected chi connectivity index (χ3v) is 6.93. The summed E-state index contributed by atoms with van der Waals surface area (Å²) in [6.45, 7) is -0.475. The SMILES string of the molecule is COc1ccc(NC(=O)COC(=O)CCCC[C@@H]2CCSS2)c([N+](=O)[O-])c1. The Labute approximate surface area is 165 Å². The van der Waals surface area contributed by atoms with Crippen LogP contribution in [0.3, 0.4) is 0 Å². The lowest BCUT2D eigenvalue weighted by Crippen LogP contribution is -2.21. The average molecular weight is 415 g/mol. The second-order valence-corrected chi connectivity index (χ2v) is 8.71. The van der Waals surface area contributed by atoms with Crippen molar-refractivity contribution in [3.05, 3.63) is 28.3 Å². The Bertz CT molecular complexity index is 679. The van der Waals surface area contributed by atoms with Crippen LogP contribution in [0.5, 0.6) is 5.75 Å². The van der Waals surface area contributed by atoms with Gasteiger partial charge in [0.2, 0.25) is 0 Å². The highest BCUT2D eigenvalue weighted by atomic mass is 33.1. The number of nitro groups is 1. The van der Waals surface area contributed by atoms with Gasteiger partial charge in [0.1, 0.15) is 11.4 Å². The van der Waals surface area contributed by atoms with E-state index in [0.717, 1.165) is 19.3 Å². The fraction of sp³-hybridized carbons (Fsp3) is 0.529. The number of anilines is 1. The average Bonchev–Trinajstić information content (AvgIpc) is 3.17. The number of carbonyl (C=O) groups is 2. The van der Waals surface area contributed by atoms with Crippen LogP contribution in [-0.4, -0.2) is 41.5 Å². The molecule has 0 radical (unpaired) electrons. The number of methoxy groups -OCH3 is 1. The van der Waals surface area contributed by atoms with E-state index in [0.29, 0.717) is 11.0 Å². The van der Waals surface area contributed by atoms with Gasteiger partial charge in [0.25, 0.3) is 11.6 Å². The van der Waals surface area contributed by atoms with E-state index in [1.807, 2.05) is 21.6 Å². The highest BCUT2D eigenvalue weighted by Gasteiger charge is 2.18. The Morgan fingerprint density at radius 3 is 2.85 bits per heavy atom. The van der Waals surface area contributed by atoms with Crippen molar-refractivity contribution in [1.82, 2.24) is 0 Å². The first kappa shape index (κ1) is 21.4. The third kappa shape index (κ3) is 7.30. The van der Waals surface area contributed by atoms with Gasteiger partial charge in [-0.1, -0.05) is 28.0 Å². The number of nitrogens with one attached hydrogen (secondary N) is 1. The molecule has 10 heteroatoms. The van der Waals surface area contributed by atoms with Crippen molar-refractivity contribution in [2.45, 2.75) is 37.4 Å². The fourth-order valence-electron chi connectivity index (χ4n) is 2.51. The first-order valence-electron chi connectivity index (χ1n) is 8.55. The highest BCUT2D eigenvalue weighted by molar-refractivity contribution is 8.77. The van der Waals surface area contributed by atoms with Gasteiger partial charge >= 0.3 is 5.97 Å². The van der Waals surface area contributed by atoms with Gasteiger partial charge in [0.15, 0.2) is 6.61 Å². The number of amides is 1. The quantitative estimate of drug-likeness (QED) is 0.202. The van der Waals surface area contributed by atoms with Gasteiger partial charge in [-0.25, -0.2) is 0 Å². The Morgan fingerprint density at radius 1 is 1.37 bits per heavy atom. The number of nitrogens with zero attached hydrogens (tertiary/aromatic N) is 1. The summed E-state index contributed by atoms with van der Waals surface area (Å²) in [6, 6.07) is 4.08. The number of rotatable bonds is 10. The van der Waals surface area contributed by atoms with Crippen LogP contribution in [0.2, 0.25) is 0 Å². The lowest BCUT2D eigenvalue weighted by atomic mass is 10.1. The van der Waals surface area contributed by atoms with E-state index in [1.54, 1.807) is 0 Å². The zero-order chi connectivity index (χ0) is 19.6. The molecule has 27 heavy (non-hydrogen) atoms. The highest BCUT2D eigenvalue weighted by Crippen LogP contribution is 2.39. The lowest BCUT2D eigenvalue weighted by molar-refractivity contribution is -0.384. The van der Waals surface area contributed by atoms with Gasteiger partial charge in [-0.2, -0.15) is 0 Å². The molecular weight excluding hydrogens is 392 g/mol. The smallest absolute Gasteiger partial charge is 0.306 e. The molecule has 0 aromatic heterocycles. The molecule has 0 bridgehead atoms. The summed E-state index contributed by atoms with van der Waals surface area (Å²) in [6.07, 6.45) is 4.26. The number of benzene rings is 1. The third-order valence-electron chi connectivity index (χ3n) is 3.92. The van der Waals surface area contributed by atoms with E-state index >= 15 is 0 Å². The predicted octanol–water partition coefficient (Wildman–Crippen LogP) is 3.80. The summed E-state index contributed by atoms with van der Waals surface area (Å²) in [5.74, 6) is 0.429. The molecule has 0 saturated carbocycles. The monoisotopic (exact) mass is 414 g/mol. The summed E-state index contributed by atoms with van der Waals surface area (Å²) >= 11 is 0. The molecule has 1 saturated heterocycles. The van der Waals surface area contributed by atoms with E-state index in [1.165, 1.54) is 37.5 Å². The molecule has 1 aliphatic heterocycles. The molecule has 0 spiro atoms. The number of esters is 1. The van der Waals surface area contributed by atoms with Gasteiger partial charge in [0.05, 0.1) is 18.1 Å². The Balaban J connectivity index is 1.70. The van der Waals surface area contributed by atoms with Crippen molar-refractivity contribution < 1.29 is 24.0 Å². The van der Waals surface area contributed by atoms with E-state index in [9.17, 15) is 19.7 Å². The molecule has 1 aliphatic rings. The van der Waals surface area contributed by atoms with Crippen molar-refractivity contribution in [1.29, 1.82) is 0 Å². The maximum absolute atomic E-state index is 11.9. The molecule has 0 aliphatic carbocycles. The topological polar surface area (TPSA) is 108 Å². The number of unbranched alkanes of at least 4 members (excludes halogenated alkanes) is 1. The first-order chi connectivity index (χ1) is 13.0. The van der Waals surface area contributed by atoms with Crippen molar-refractivity contribution in [3.8, 4) is 5.75 Å². The minimum atomic E-state index is -0.629. The standard InChI is InChI=1S/C17H22N2O6S2/c1-24-12-6-7-14(15(10-12)19(22)23)18-16(20)11-25-17(21)5-3-2-4-13-8-9-26-27-13/h6-7,10,13H,2-5,8-9,11H2,1H3,(H,18,20)/t13-/m1/s1. The molecule has 0 unspecified atom stereocenters. The number of nitro benzene ring substituents is 1.